The van der Waals surface area contributed by atoms with Gasteiger partial charge < -0.3 is 5.32 Å². The van der Waals surface area contributed by atoms with Crippen LogP contribution in [0.25, 0.3) is 6.08 Å². The fourth-order valence-electron chi connectivity index (χ4n) is 2.36. The lowest BCUT2D eigenvalue weighted by Gasteiger charge is -2.13. The molecule has 3 rings (SSSR count). The highest BCUT2D eigenvalue weighted by Gasteiger charge is 2.32. The number of anilines is 1. The molecule has 0 saturated carbocycles. The average molecular weight is 383 g/mol. The Morgan fingerprint density at radius 2 is 2.04 bits per heavy atom. The summed E-state index contributed by atoms with van der Waals surface area (Å²) in [5, 5.41) is 2.70. The van der Waals surface area contributed by atoms with Crippen LogP contribution in [0.15, 0.2) is 53.6 Å². The van der Waals surface area contributed by atoms with Crippen LogP contribution in [-0.4, -0.2) is 32.6 Å². The molecule has 1 N–H and O–H groups in total. The summed E-state index contributed by atoms with van der Waals surface area (Å²) in [4.78, 5) is 30.7. The molecule has 0 bridgehead atoms. The molecule has 0 spiro atoms. The van der Waals surface area contributed by atoms with E-state index in [1.165, 1.54) is 16.7 Å². The van der Waals surface area contributed by atoms with Crippen LogP contribution in [0.3, 0.4) is 0 Å². The minimum atomic E-state index is -0.208. The quantitative estimate of drug-likeness (QED) is 0.631. The van der Waals surface area contributed by atoms with E-state index >= 15 is 0 Å². The fraction of sp³-hybridized carbons (Fsp3) is 0.158. The number of carbonyl (C=O) groups excluding carboxylic acids is 2. The molecule has 5 nitrogen and oxygen atoms in total. The van der Waals surface area contributed by atoms with Crippen LogP contribution in [0.5, 0.6) is 0 Å². The Morgan fingerprint density at radius 1 is 1.27 bits per heavy atom. The molecule has 2 amide bonds. The van der Waals surface area contributed by atoms with Crippen LogP contribution in [-0.2, 0) is 9.59 Å². The maximum Gasteiger partial charge on any atom is 0.266 e. The highest BCUT2D eigenvalue weighted by atomic mass is 32.2. The van der Waals surface area contributed by atoms with Crippen LogP contribution in [0, 0.1) is 6.92 Å². The molecule has 1 saturated heterocycles. The molecule has 1 aromatic carbocycles. The van der Waals surface area contributed by atoms with Gasteiger partial charge in [-0.05, 0) is 30.7 Å². The first-order valence-electron chi connectivity index (χ1n) is 8.06. The van der Waals surface area contributed by atoms with Crippen LogP contribution in [0.1, 0.15) is 17.5 Å². The van der Waals surface area contributed by atoms with Gasteiger partial charge in [0.15, 0.2) is 0 Å². The Balaban J connectivity index is 1.60. The molecule has 1 fully saturated rings. The zero-order chi connectivity index (χ0) is 18.5. The molecule has 2 heterocycles. The minimum Gasteiger partial charge on any atom is -0.311 e. The Labute approximate surface area is 161 Å². The number of benzene rings is 1. The van der Waals surface area contributed by atoms with Crippen molar-refractivity contribution in [2.45, 2.75) is 13.3 Å². The number of amides is 2. The van der Waals surface area contributed by atoms with E-state index in [-0.39, 0.29) is 24.8 Å². The third kappa shape index (κ3) is 4.56. The van der Waals surface area contributed by atoms with Crippen molar-refractivity contribution in [2.24, 2.45) is 0 Å². The lowest BCUT2D eigenvalue weighted by molar-refractivity contribution is -0.122. The number of thiocarbonyl (C=S) groups is 1. The number of carbonyl (C=O) groups is 2. The van der Waals surface area contributed by atoms with Crippen LogP contribution >= 0.6 is 24.0 Å². The average Bonchev–Trinajstić information content (AvgIpc) is 2.89. The smallest absolute Gasteiger partial charge is 0.266 e. The van der Waals surface area contributed by atoms with E-state index in [2.05, 4.69) is 10.3 Å². The first kappa shape index (κ1) is 18.3. The van der Waals surface area contributed by atoms with Crippen molar-refractivity contribution in [3.05, 3.63) is 64.7 Å². The van der Waals surface area contributed by atoms with Gasteiger partial charge in [-0.3, -0.25) is 14.5 Å². The molecule has 1 aliphatic heterocycles. The summed E-state index contributed by atoms with van der Waals surface area (Å²) in [6.07, 6.45) is 3.58. The number of hydrogen-bond acceptors (Lipinski definition) is 5. The standard InChI is InChI=1S/C19H17N3O2S2/c1-13-5-7-14(8-6-13)12-15-18(24)22(19(25)26-15)11-9-17(23)21-16-4-2-3-10-20-16/h2-8,10,12H,9,11H2,1H3,(H,20,21,23)/b15-12+. The Hall–Kier alpha value is -2.51. The largest absolute Gasteiger partial charge is 0.311 e. The van der Waals surface area contributed by atoms with Crippen molar-refractivity contribution in [3.63, 3.8) is 0 Å². The molecule has 0 aliphatic carbocycles. The van der Waals surface area contributed by atoms with Gasteiger partial charge in [0.2, 0.25) is 5.91 Å². The second-order valence-electron chi connectivity index (χ2n) is 5.76. The molecule has 1 aliphatic rings. The predicted molar refractivity (Wildman–Crippen MR) is 109 cm³/mol. The van der Waals surface area contributed by atoms with Gasteiger partial charge in [-0.15, -0.1) is 0 Å². The normalized spacial score (nSPS) is 15.6. The Bertz CT molecular complexity index is 864. The van der Waals surface area contributed by atoms with Crippen LogP contribution < -0.4 is 5.32 Å². The minimum absolute atomic E-state index is 0.154. The van der Waals surface area contributed by atoms with Gasteiger partial charge in [-0.25, -0.2) is 4.98 Å². The van der Waals surface area contributed by atoms with Gasteiger partial charge in [0.25, 0.3) is 5.91 Å². The number of aromatic nitrogens is 1. The fourth-order valence-corrected chi connectivity index (χ4v) is 3.67. The van der Waals surface area contributed by atoms with Gasteiger partial charge in [0.05, 0.1) is 4.91 Å². The van der Waals surface area contributed by atoms with Gasteiger partial charge >= 0.3 is 0 Å². The maximum absolute atomic E-state index is 12.6. The number of nitrogens with zero attached hydrogens (tertiary/aromatic N) is 2. The number of hydrogen-bond donors (Lipinski definition) is 1. The zero-order valence-corrected chi connectivity index (χ0v) is 15.8. The maximum atomic E-state index is 12.6. The number of pyridine rings is 1. The Kier molecular flexibility index (Phi) is 5.80. The summed E-state index contributed by atoms with van der Waals surface area (Å²) in [7, 11) is 0. The van der Waals surface area contributed by atoms with Crippen molar-refractivity contribution in [1.29, 1.82) is 0 Å². The lowest BCUT2D eigenvalue weighted by Crippen LogP contribution is -2.31. The topological polar surface area (TPSA) is 62.3 Å². The van der Waals surface area contributed by atoms with Crippen LogP contribution in [0.4, 0.5) is 5.82 Å². The molecule has 7 heteroatoms. The first-order chi connectivity index (χ1) is 12.5. The summed E-state index contributed by atoms with van der Waals surface area (Å²) in [6, 6.07) is 13.2. The van der Waals surface area contributed by atoms with E-state index in [0.29, 0.717) is 15.0 Å². The van der Waals surface area contributed by atoms with E-state index in [1.807, 2.05) is 37.3 Å². The molecule has 2 aromatic rings. The number of nitrogens with one attached hydrogen (secondary N) is 1. The van der Waals surface area contributed by atoms with Gasteiger partial charge in [0.1, 0.15) is 10.1 Å². The van der Waals surface area contributed by atoms with Gasteiger partial charge in [0, 0.05) is 19.2 Å². The van der Waals surface area contributed by atoms with E-state index in [9.17, 15) is 9.59 Å². The summed E-state index contributed by atoms with van der Waals surface area (Å²) in [5.74, 6) is 0.119. The Morgan fingerprint density at radius 3 is 2.73 bits per heavy atom. The second kappa shape index (κ2) is 8.25. The number of aryl methyl sites for hydroxylation is 1. The van der Waals surface area contributed by atoms with Crippen molar-refractivity contribution in [1.82, 2.24) is 9.88 Å². The van der Waals surface area contributed by atoms with E-state index < -0.39 is 0 Å². The van der Waals surface area contributed by atoms with E-state index in [4.69, 9.17) is 12.2 Å². The predicted octanol–water partition coefficient (Wildman–Crippen LogP) is 3.62. The molecular formula is C19H17N3O2S2. The van der Waals surface area contributed by atoms with Gasteiger partial charge in [-0.2, -0.15) is 0 Å². The molecule has 0 unspecified atom stereocenters. The van der Waals surface area contributed by atoms with Crippen molar-refractivity contribution < 1.29 is 9.59 Å². The summed E-state index contributed by atoms with van der Waals surface area (Å²) in [6.45, 7) is 2.26. The third-order valence-electron chi connectivity index (χ3n) is 3.74. The van der Waals surface area contributed by atoms with E-state index in [0.717, 1.165) is 11.1 Å². The summed E-state index contributed by atoms with van der Waals surface area (Å²) in [5.41, 5.74) is 2.11. The lowest BCUT2D eigenvalue weighted by atomic mass is 10.1. The van der Waals surface area contributed by atoms with Crippen molar-refractivity contribution in [3.8, 4) is 0 Å². The van der Waals surface area contributed by atoms with Crippen molar-refractivity contribution in [2.75, 3.05) is 11.9 Å². The molecule has 0 radical (unpaired) electrons. The zero-order valence-electron chi connectivity index (χ0n) is 14.1. The monoisotopic (exact) mass is 383 g/mol. The second-order valence-corrected chi connectivity index (χ2v) is 7.43. The molecule has 26 heavy (non-hydrogen) atoms. The number of thioether (sulfide) groups is 1. The summed E-state index contributed by atoms with van der Waals surface area (Å²) < 4.78 is 0.471. The first-order valence-corrected chi connectivity index (χ1v) is 9.28. The van der Waals surface area contributed by atoms with Gasteiger partial charge in [-0.1, -0.05) is 59.9 Å². The molecular weight excluding hydrogens is 366 g/mol. The van der Waals surface area contributed by atoms with Crippen molar-refractivity contribution >= 4 is 52.0 Å². The highest BCUT2D eigenvalue weighted by Crippen LogP contribution is 2.32. The SMILES string of the molecule is Cc1ccc(/C=C2/SC(=S)N(CCC(=O)Nc3ccccn3)C2=O)cc1. The van der Waals surface area contributed by atoms with Crippen LogP contribution in [0.2, 0.25) is 0 Å². The molecule has 1 aromatic heterocycles. The summed E-state index contributed by atoms with van der Waals surface area (Å²) >= 11 is 6.56. The van der Waals surface area contributed by atoms with E-state index in [1.54, 1.807) is 24.4 Å². The molecule has 0 atom stereocenters. The highest BCUT2D eigenvalue weighted by molar-refractivity contribution is 8.26. The third-order valence-corrected chi connectivity index (χ3v) is 5.12. The molecule has 132 valence electrons. The number of rotatable bonds is 5.